The van der Waals surface area contributed by atoms with Gasteiger partial charge in [-0.1, -0.05) is 19.1 Å². The standard InChI is InChI=1S/C16H25N/c1-11-8-13(3)15(9-12(11)2)14(4)17-10-16(5)6-7-16/h8-9,14,17H,6-7,10H2,1-5H3. The van der Waals surface area contributed by atoms with Crippen LogP contribution < -0.4 is 5.32 Å². The van der Waals surface area contributed by atoms with Gasteiger partial charge in [0, 0.05) is 12.6 Å². The van der Waals surface area contributed by atoms with E-state index in [1.54, 1.807) is 0 Å². The number of rotatable bonds is 4. The number of benzene rings is 1. The van der Waals surface area contributed by atoms with Crippen molar-refractivity contribution in [1.29, 1.82) is 0 Å². The quantitative estimate of drug-likeness (QED) is 0.824. The van der Waals surface area contributed by atoms with Crippen LogP contribution in [0.3, 0.4) is 0 Å². The number of hydrogen-bond acceptors (Lipinski definition) is 1. The Morgan fingerprint density at radius 2 is 1.71 bits per heavy atom. The van der Waals surface area contributed by atoms with Crippen LogP contribution >= 0.6 is 0 Å². The number of aryl methyl sites for hydroxylation is 3. The van der Waals surface area contributed by atoms with E-state index >= 15 is 0 Å². The van der Waals surface area contributed by atoms with Crippen molar-refractivity contribution in [2.45, 2.75) is 53.5 Å². The van der Waals surface area contributed by atoms with E-state index in [9.17, 15) is 0 Å². The zero-order chi connectivity index (χ0) is 12.6. The number of nitrogens with one attached hydrogen (secondary N) is 1. The molecule has 1 saturated carbocycles. The van der Waals surface area contributed by atoms with Crippen LogP contribution in [0.2, 0.25) is 0 Å². The minimum Gasteiger partial charge on any atom is -0.310 e. The Morgan fingerprint density at radius 1 is 1.12 bits per heavy atom. The van der Waals surface area contributed by atoms with Crippen molar-refractivity contribution in [3.8, 4) is 0 Å². The van der Waals surface area contributed by atoms with E-state index in [1.165, 1.54) is 35.1 Å². The molecule has 0 aromatic heterocycles. The summed E-state index contributed by atoms with van der Waals surface area (Å²) in [4.78, 5) is 0. The fraction of sp³-hybridized carbons (Fsp3) is 0.625. The molecule has 1 aromatic rings. The average Bonchev–Trinajstić information content (AvgIpc) is 2.99. The van der Waals surface area contributed by atoms with Crippen molar-refractivity contribution in [1.82, 2.24) is 5.32 Å². The van der Waals surface area contributed by atoms with Crippen LogP contribution in [0.1, 0.15) is 55.0 Å². The van der Waals surface area contributed by atoms with Gasteiger partial charge in [-0.05, 0) is 68.2 Å². The van der Waals surface area contributed by atoms with E-state index in [0.29, 0.717) is 11.5 Å². The highest BCUT2D eigenvalue weighted by Gasteiger charge is 2.36. The maximum Gasteiger partial charge on any atom is 0.0294 e. The van der Waals surface area contributed by atoms with Crippen molar-refractivity contribution < 1.29 is 0 Å². The van der Waals surface area contributed by atoms with Gasteiger partial charge in [0.15, 0.2) is 0 Å². The van der Waals surface area contributed by atoms with Gasteiger partial charge in [0.1, 0.15) is 0 Å². The fourth-order valence-corrected chi connectivity index (χ4v) is 2.35. The van der Waals surface area contributed by atoms with Gasteiger partial charge in [-0.25, -0.2) is 0 Å². The summed E-state index contributed by atoms with van der Waals surface area (Å²) in [5, 5.41) is 3.69. The van der Waals surface area contributed by atoms with Crippen LogP contribution in [0.25, 0.3) is 0 Å². The normalized spacial score (nSPS) is 19.1. The Kier molecular flexibility index (Phi) is 3.31. The molecule has 94 valence electrons. The second-order valence-corrected chi connectivity index (χ2v) is 6.21. The molecule has 1 unspecified atom stereocenters. The molecule has 0 amide bonds. The molecule has 0 radical (unpaired) electrons. The maximum atomic E-state index is 3.69. The first kappa shape index (κ1) is 12.6. The largest absolute Gasteiger partial charge is 0.310 e. The lowest BCUT2D eigenvalue weighted by molar-refractivity contribution is 0.456. The van der Waals surface area contributed by atoms with Crippen LogP contribution in [-0.2, 0) is 0 Å². The summed E-state index contributed by atoms with van der Waals surface area (Å²) in [6.45, 7) is 12.4. The first-order valence-electron chi connectivity index (χ1n) is 6.72. The molecular weight excluding hydrogens is 206 g/mol. The highest BCUT2D eigenvalue weighted by molar-refractivity contribution is 5.38. The summed E-state index contributed by atoms with van der Waals surface area (Å²) in [6.07, 6.45) is 2.78. The lowest BCUT2D eigenvalue weighted by Gasteiger charge is -2.20. The molecule has 0 bridgehead atoms. The zero-order valence-electron chi connectivity index (χ0n) is 11.9. The minimum atomic E-state index is 0.465. The van der Waals surface area contributed by atoms with Crippen LogP contribution in [0.15, 0.2) is 12.1 Å². The second-order valence-electron chi connectivity index (χ2n) is 6.21. The topological polar surface area (TPSA) is 12.0 Å². The fourth-order valence-electron chi connectivity index (χ4n) is 2.35. The third kappa shape index (κ3) is 2.90. The van der Waals surface area contributed by atoms with Gasteiger partial charge < -0.3 is 5.32 Å². The van der Waals surface area contributed by atoms with E-state index in [4.69, 9.17) is 0 Å². The van der Waals surface area contributed by atoms with Crippen LogP contribution in [0.5, 0.6) is 0 Å². The third-order valence-corrected chi connectivity index (χ3v) is 4.29. The van der Waals surface area contributed by atoms with E-state index in [2.05, 4.69) is 52.1 Å². The summed E-state index contributed by atoms with van der Waals surface area (Å²) < 4.78 is 0. The average molecular weight is 231 g/mol. The molecule has 0 heterocycles. The predicted molar refractivity (Wildman–Crippen MR) is 74.4 cm³/mol. The molecule has 17 heavy (non-hydrogen) atoms. The van der Waals surface area contributed by atoms with Crippen LogP contribution in [-0.4, -0.2) is 6.54 Å². The Morgan fingerprint density at radius 3 is 2.29 bits per heavy atom. The molecule has 2 rings (SSSR count). The van der Waals surface area contributed by atoms with Crippen molar-refractivity contribution in [2.24, 2.45) is 5.41 Å². The van der Waals surface area contributed by atoms with Gasteiger partial charge in [0.2, 0.25) is 0 Å². The molecule has 1 aliphatic rings. The van der Waals surface area contributed by atoms with Gasteiger partial charge in [0.05, 0.1) is 0 Å². The molecule has 0 saturated heterocycles. The first-order valence-corrected chi connectivity index (χ1v) is 6.72. The monoisotopic (exact) mass is 231 g/mol. The van der Waals surface area contributed by atoms with Crippen molar-refractivity contribution >= 4 is 0 Å². The zero-order valence-corrected chi connectivity index (χ0v) is 11.9. The summed E-state index contributed by atoms with van der Waals surface area (Å²) >= 11 is 0. The summed E-state index contributed by atoms with van der Waals surface area (Å²) in [5.41, 5.74) is 6.25. The highest BCUT2D eigenvalue weighted by Crippen LogP contribution is 2.44. The van der Waals surface area contributed by atoms with Crippen molar-refractivity contribution in [3.63, 3.8) is 0 Å². The van der Waals surface area contributed by atoms with Gasteiger partial charge in [-0.15, -0.1) is 0 Å². The molecule has 1 heteroatoms. The molecular formula is C16H25N. The molecule has 1 aliphatic carbocycles. The van der Waals surface area contributed by atoms with E-state index in [-0.39, 0.29) is 0 Å². The lowest BCUT2D eigenvalue weighted by Crippen LogP contribution is -2.25. The Hall–Kier alpha value is -0.820. The van der Waals surface area contributed by atoms with E-state index in [0.717, 1.165) is 6.54 Å². The molecule has 1 fully saturated rings. The Balaban J connectivity index is 2.07. The van der Waals surface area contributed by atoms with Crippen molar-refractivity contribution in [3.05, 3.63) is 34.4 Å². The smallest absolute Gasteiger partial charge is 0.0294 e. The van der Waals surface area contributed by atoms with Gasteiger partial charge in [-0.3, -0.25) is 0 Å². The molecule has 1 N–H and O–H groups in total. The predicted octanol–water partition coefficient (Wildman–Crippen LogP) is 4.06. The molecule has 0 spiro atoms. The molecule has 0 aliphatic heterocycles. The van der Waals surface area contributed by atoms with E-state index < -0.39 is 0 Å². The molecule has 1 aromatic carbocycles. The first-order chi connectivity index (χ1) is 7.91. The SMILES string of the molecule is Cc1cc(C)c(C(C)NCC2(C)CC2)cc1C. The summed E-state index contributed by atoms with van der Waals surface area (Å²) in [6, 6.07) is 5.12. The van der Waals surface area contributed by atoms with E-state index in [1.807, 2.05) is 0 Å². The van der Waals surface area contributed by atoms with Crippen LogP contribution in [0.4, 0.5) is 0 Å². The Bertz CT molecular complexity index is 416. The summed E-state index contributed by atoms with van der Waals surface area (Å²) in [7, 11) is 0. The highest BCUT2D eigenvalue weighted by atomic mass is 14.9. The van der Waals surface area contributed by atoms with Crippen molar-refractivity contribution in [2.75, 3.05) is 6.54 Å². The van der Waals surface area contributed by atoms with Crippen LogP contribution in [0, 0.1) is 26.2 Å². The lowest BCUT2D eigenvalue weighted by atomic mass is 9.96. The summed E-state index contributed by atoms with van der Waals surface area (Å²) in [5.74, 6) is 0. The van der Waals surface area contributed by atoms with Gasteiger partial charge >= 0.3 is 0 Å². The minimum absolute atomic E-state index is 0.465. The Labute approximate surface area is 106 Å². The number of hydrogen-bond donors (Lipinski definition) is 1. The van der Waals surface area contributed by atoms with Gasteiger partial charge in [0.25, 0.3) is 0 Å². The third-order valence-electron chi connectivity index (χ3n) is 4.29. The second kappa shape index (κ2) is 4.45. The molecule has 1 nitrogen and oxygen atoms in total. The maximum absolute atomic E-state index is 3.69. The van der Waals surface area contributed by atoms with Gasteiger partial charge in [-0.2, -0.15) is 0 Å². The molecule has 1 atom stereocenters.